The van der Waals surface area contributed by atoms with Crippen LogP contribution in [-0.4, -0.2) is 27.1 Å². The van der Waals surface area contributed by atoms with Gasteiger partial charge in [-0.3, -0.25) is 4.79 Å². The van der Waals surface area contributed by atoms with Crippen LogP contribution in [0, 0.1) is 11.7 Å². The first-order valence-corrected chi connectivity index (χ1v) is 9.54. The van der Waals surface area contributed by atoms with Crippen LogP contribution >= 0.6 is 11.8 Å². The first kappa shape index (κ1) is 16.8. The number of rotatable bonds is 5. The van der Waals surface area contributed by atoms with Gasteiger partial charge in [-0.25, -0.2) is 14.4 Å². The molecule has 1 aliphatic carbocycles. The summed E-state index contributed by atoms with van der Waals surface area (Å²) in [6, 6.07) is 9.94. The number of H-pyrrole nitrogens is 1. The first-order valence-electron chi connectivity index (χ1n) is 8.31. The van der Waals surface area contributed by atoms with Gasteiger partial charge in [-0.1, -0.05) is 11.8 Å². The molecule has 1 fully saturated rings. The Morgan fingerprint density at radius 2 is 2.00 bits per heavy atom. The van der Waals surface area contributed by atoms with Gasteiger partial charge >= 0.3 is 0 Å². The zero-order valence-electron chi connectivity index (χ0n) is 14.1. The number of carbonyl (C=O) groups is 1. The van der Waals surface area contributed by atoms with Crippen molar-refractivity contribution in [1.82, 2.24) is 15.0 Å². The van der Waals surface area contributed by atoms with Crippen molar-refractivity contribution in [2.45, 2.75) is 18.0 Å². The van der Waals surface area contributed by atoms with E-state index in [2.05, 4.69) is 20.3 Å². The lowest BCUT2D eigenvalue weighted by Gasteiger charge is -2.07. The summed E-state index contributed by atoms with van der Waals surface area (Å²) in [5, 5.41) is 3.62. The third kappa shape index (κ3) is 3.48. The third-order valence-corrected chi connectivity index (χ3v) is 4.82. The highest BCUT2D eigenvalue weighted by Gasteiger charge is 2.29. The fourth-order valence-electron chi connectivity index (χ4n) is 2.70. The van der Waals surface area contributed by atoms with Crippen molar-refractivity contribution in [1.29, 1.82) is 0 Å². The van der Waals surface area contributed by atoms with Crippen molar-refractivity contribution in [2.24, 2.45) is 5.92 Å². The topological polar surface area (TPSA) is 70.7 Å². The molecule has 7 heteroatoms. The van der Waals surface area contributed by atoms with E-state index >= 15 is 0 Å². The van der Waals surface area contributed by atoms with Crippen molar-refractivity contribution < 1.29 is 9.18 Å². The summed E-state index contributed by atoms with van der Waals surface area (Å²) < 4.78 is 13.3. The van der Waals surface area contributed by atoms with Crippen LogP contribution < -0.4 is 5.32 Å². The van der Waals surface area contributed by atoms with Gasteiger partial charge in [0.2, 0.25) is 5.91 Å². The van der Waals surface area contributed by atoms with Gasteiger partial charge in [0.25, 0.3) is 0 Å². The molecule has 0 spiro atoms. The Kier molecular flexibility index (Phi) is 4.46. The molecule has 0 radical (unpaired) electrons. The number of amides is 1. The standard InChI is InChI=1S/C19H17FN4OS/c1-26-19-23-16(11-4-6-14(20)7-5-11)17(24-19)13-8-9-21-15(10-13)22-18(25)12-2-3-12/h4-10,12H,2-3H2,1H3,(H,23,24)(H,21,22,25). The highest BCUT2D eigenvalue weighted by atomic mass is 32.2. The Bertz CT molecular complexity index is 950. The lowest BCUT2D eigenvalue weighted by atomic mass is 10.1. The van der Waals surface area contributed by atoms with Crippen LogP contribution in [0.4, 0.5) is 10.2 Å². The van der Waals surface area contributed by atoms with E-state index in [1.54, 1.807) is 18.3 Å². The molecule has 0 atom stereocenters. The molecule has 2 N–H and O–H groups in total. The van der Waals surface area contributed by atoms with E-state index in [0.717, 1.165) is 40.5 Å². The summed E-state index contributed by atoms with van der Waals surface area (Å²) in [6.45, 7) is 0. The lowest BCUT2D eigenvalue weighted by molar-refractivity contribution is -0.117. The number of pyridine rings is 1. The SMILES string of the molecule is CSc1nc(-c2ccnc(NC(=O)C3CC3)c2)c(-c2ccc(F)cc2)[nH]1. The van der Waals surface area contributed by atoms with Gasteiger partial charge in [0.1, 0.15) is 11.6 Å². The van der Waals surface area contributed by atoms with E-state index in [1.807, 2.05) is 18.4 Å². The smallest absolute Gasteiger partial charge is 0.228 e. The van der Waals surface area contributed by atoms with Gasteiger partial charge < -0.3 is 10.3 Å². The number of nitrogens with one attached hydrogen (secondary N) is 2. The zero-order valence-corrected chi connectivity index (χ0v) is 14.9. The molecule has 5 nitrogen and oxygen atoms in total. The van der Waals surface area contributed by atoms with Crippen LogP contribution in [0.3, 0.4) is 0 Å². The second-order valence-electron chi connectivity index (χ2n) is 6.17. The molecular formula is C19H17FN4OS. The number of aromatic nitrogens is 3. The van der Waals surface area contributed by atoms with Crippen molar-refractivity contribution >= 4 is 23.5 Å². The minimum absolute atomic E-state index is 0.0141. The van der Waals surface area contributed by atoms with Crippen molar-refractivity contribution in [3.05, 3.63) is 48.4 Å². The molecule has 2 heterocycles. The molecule has 0 saturated heterocycles. The molecule has 1 saturated carbocycles. The summed E-state index contributed by atoms with van der Waals surface area (Å²) in [5.74, 6) is 0.357. The number of thioether (sulfide) groups is 1. The molecule has 1 aliphatic rings. The quantitative estimate of drug-likeness (QED) is 0.657. The van der Waals surface area contributed by atoms with E-state index in [-0.39, 0.29) is 17.6 Å². The summed E-state index contributed by atoms with van der Waals surface area (Å²) in [7, 11) is 0. The van der Waals surface area contributed by atoms with E-state index in [0.29, 0.717) is 5.82 Å². The minimum Gasteiger partial charge on any atom is -0.332 e. The van der Waals surface area contributed by atoms with Gasteiger partial charge in [-0.05, 0) is 55.5 Å². The molecule has 2 aromatic heterocycles. The van der Waals surface area contributed by atoms with Crippen molar-refractivity contribution in [2.75, 3.05) is 11.6 Å². The van der Waals surface area contributed by atoms with Crippen LogP contribution in [-0.2, 0) is 4.79 Å². The predicted octanol–water partition coefficient (Wildman–Crippen LogP) is 4.35. The first-order chi connectivity index (χ1) is 12.6. The van der Waals surface area contributed by atoms with Gasteiger partial charge in [0.15, 0.2) is 5.16 Å². The number of hydrogen-bond donors (Lipinski definition) is 2. The highest BCUT2D eigenvalue weighted by Crippen LogP contribution is 2.34. The fourth-order valence-corrected chi connectivity index (χ4v) is 3.09. The fraction of sp³-hybridized carbons (Fsp3) is 0.211. The Hall–Kier alpha value is -2.67. The number of halogens is 1. The zero-order chi connectivity index (χ0) is 18.1. The Labute approximate surface area is 154 Å². The second kappa shape index (κ2) is 6.92. The number of anilines is 1. The largest absolute Gasteiger partial charge is 0.332 e. The molecule has 4 rings (SSSR count). The van der Waals surface area contributed by atoms with Crippen molar-refractivity contribution in [3.63, 3.8) is 0 Å². The van der Waals surface area contributed by atoms with Gasteiger partial charge in [-0.2, -0.15) is 0 Å². The third-order valence-electron chi connectivity index (χ3n) is 4.24. The predicted molar refractivity (Wildman–Crippen MR) is 100 cm³/mol. The normalized spacial score (nSPS) is 13.6. The second-order valence-corrected chi connectivity index (χ2v) is 6.96. The van der Waals surface area contributed by atoms with E-state index in [1.165, 1.54) is 23.9 Å². The number of aromatic amines is 1. The van der Waals surface area contributed by atoms with Crippen LogP contribution in [0.25, 0.3) is 22.5 Å². The maximum atomic E-state index is 13.3. The Balaban J connectivity index is 1.71. The van der Waals surface area contributed by atoms with Gasteiger partial charge in [0, 0.05) is 23.2 Å². The van der Waals surface area contributed by atoms with Gasteiger partial charge in [0.05, 0.1) is 11.4 Å². The number of nitrogens with zero attached hydrogens (tertiary/aromatic N) is 2. The molecule has 1 amide bonds. The lowest BCUT2D eigenvalue weighted by Crippen LogP contribution is -2.14. The molecule has 0 unspecified atom stereocenters. The average molecular weight is 368 g/mol. The number of benzene rings is 1. The molecule has 26 heavy (non-hydrogen) atoms. The van der Waals surface area contributed by atoms with E-state index < -0.39 is 0 Å². The molecule has 132 valence electrons. The molecule has 0 bridgehead atoms. The minimum atomic E-state index is -0.283. The number of carbonyl (C=O) groups excluding carboxylic acids is 1. The van der Waals surface area contributed by atoms with Crippen LogP contribution in [0.1, 0.15) is 12.8 Å². The molecule has 0 aliphatic heterocycles. The Morgan fingerprint density at radius 1 is 1.23 bits per heavy atom. The van der Waals surface area contributed by atoms with Crippen LogP contribution in [0.5, 0.6) is 0 Å². The van der Waals surface area contributed by atoms with Crippen LogP contribution in [0.2, 0.25) is 0 Å². The van der Waals surface area contributed by atoms with E-state index in [4.69, 9.17) is 0 Å². The Morgan fingerprint density at radius 3 is 2.69 bits per heavy atom. The van der Waals surface area contributed by atoms with Gasteiger partial charge in [-0.15, -0.1) is 0 Å². The summed E-state index contributed by atoms with van der Waals surface area (Å²) in [6.07, 6.45) is 5.47. The highest BCUT2D eigenvalue weighted by molar-refractivity contribution is 7.98. The molecular weight excluding hydrogens is 351 g/mol. The maximum absolute atomic E-state index is 13.3. The average Bonchev–Trinajstić information content (AvgIpc) is 3.42. The summed E-state index contributed by atoms with van der Waals surface area (Å²) >= 11 is 1.50. The summed E-state index contributed by atoms with van der Waals surface area (Å²) in [4.78, 5) is 24.1. The monoisotopic (exact) mass is 368 g/mol. The van der Waals surface area contributed by atoms with E-state index in [9.17, 15) is 9.18 Å². The van der Waals surface area contributed by atoms with Crippen LogP contribution in [0.15, 0.2) is 47.8 Å². The summed E-state index contributed by atoms with van der Waals surface area (Å²) in [5.41, 5.74) is 3.22. The molecule has 3 aromatic rings. The maximum Gasteiger partial charge on any atom is 0.228 e. The number of hydrogen-bond acceptors (Lipinski definition) is 4. The number of imidazole rings is 1. The van der Waals surface area contributed by atoms with Crippen molar-refractivity contribution in [3.8, 4) is 22.5 Å². The molecule has 1 aromatic carbocycles.